The predicted octanol–water partition coefficient (Wildman–Crippen LogP) is 4.25. The highest BCUT2D eigenvalue weighted by molar-refractivity contribution is 5.79. The van der Waals surface area contributed by atoms with Crippen LogP contribution in [-0.4, -0.2) is 42.4 Å². The highest BCUT2D eigenvalue weighted by Gasteiger charge is 2.30. The number of carbonyl (C=O) groups excluding carboxylic acids is 1. The smallest absolute Gasteiger partial charge is 0.410 e. The number of piperidine rings is 1. The lowest BCUT2D eigenvalue weighted by molar-refractivity contribution is 0.0982. The average Bonchev–Trinajstić information content (AvgIpc) is 3.05. The summed E-state index contributed by atoms with van der Waals surface area (Å²) in [6, 6.07) is 16.4. The maximum absolute atomic E-state index is 13.7. The molecule has 0 unspecified atom stereocenters. The monoisotopic (exact) mass is 367 g/mol. The molecule has 0 bridgehead atoms. The summed E-state index contributed by atoms with van der Waals surface area (Å²) in [7, 11) is 0. The third-order valence-electron chi connectivity index (χ3n) is 5.41. The Labute approximate surface area is 157 Å². The summed E-state index contributed by atoms with van der Waals surface area (Å²) in [5.74, 6) is -0.526. The number of hydrogen-bond donors (Lipinski definition) is 1. The van der Waals surface area contributed by atoms with Gasteiger partial charge in [-0.05, 0) is 40.7 Å². The summed E-state index contributed by atoms with van der Waals surface area (Å²) < 4.78 is 19.3. The molecule has 140 valence electrons. The van der Waals surface area contributed by atoms with Gasteiger partial charge in [0.15, 0.2) is 0 Å². The lowest BCUT2D eigenvalue weighted by Gasteiger charge is -2.28. The van der Waals surface area contributed by atoms with Gasteiger partial charge in [0.2, 0.25) is 0 Å². The molecule has 1 aliphatic heterocycles. The average molecular weight is 367 g/mol. The Morgan fingerprint density at radius 2 is 1.74 bits per heavy atom. The van der Waals surface area contributed by atoms with Crippen LogP contribution in [0.1, 0.15) is 29.9 Å². The van der Waals surface area contributed by atoms with Crippen LogP contribution in [0, 0.1) is 0 Å². The summed E-state index contributed by atoms with van der Waals surface area (Å²) in [5.41, 5.74) is 5.18. The van der Waals surface area contributed by atoms with E-state index >= 15 is 0 Å². The Morgan fingerprint density at radius 1 is 1.11 bits per heavy atom. The van der Waals surface area contributed by atoms with Crippen LogP contribution < -0.4 is 0 Å². The Bertz CT molecular complexity index is 847. The van der Waals surface area contributed by atoms with E-state index in [9.17, 15) is 9.18 Å². The van der Waals surface area contributed by atoms with E-state index in [1.54, 1.807) is 0 Å². The molecule has 27 heavy (non-hydrogen) atoms. The van der Waals surface area contributed by atoms with Gasteiger partial charge in [-0.1, -0.05) is 48.5 Å². The Morgan fingerprint density at radius 3 is 2.37 bits per heavy atom. The minimum Gasteiger partial charge on any atom is -0.448 e. The second-order valence-electron chi connectivity index (χ2n) is 7.00. The number of amides is 1. The van der Waals surface area contributed by atoms with E-state index < -0.39 is 18.5 Å². The van der Waals surface area contributed by atoms with Crippen molar-refractivity contribution in [1.82, 2.24) is 4.90 Å². The number of benzene rings is 2. The second kappa shape index (κ2) is 7.53. The first kappa shape index (κ1) is 17.7. The first-order valence-corrected chi connectivity index (χ1v) is 9.26. The van der Waals surface area contributed by atoms with Crippen molar-refractivity contribution < 1.29 is 19.0 Å². The molecule has 1 amide bonds. The highest BCUT2D eigenvalue weighted by Crippen LogP contribution is 2.44. The lowest BCUT2D eigenvalue weighted by Crippen LogP contribution is -2.38. The van der Waals surface area contributed by atoms with Gasteiger partial charge in [-0.2, -0.15) is 0 Å². The molecule has 1 N–H and O–H groups in total. The molecule has 2 aromatic carbocycles. The van der Waals surface area contributed by atoms with Crippen LogP contribution in [0.15, 0.2) is 59.9 Å². The van der Waals surface area contributed by atoms with Gasteiger partial charge in [0.1, 0.15) is 12.4 Å². The Kier molecular flexibility index (Phi) is 4.94. The summed E-state index contributed by atoms with van der Waals surface area (Å²) >= 11 is 0. The number of fused-ring (bicyclic) bond motifs is 3. The third kappa shape index (κ3) is 3.35. The maximum Gasteiger partial charge on any atom is 0.410 e. The van der Waals surface area contributed by atoms with Crippen molar-refractivity contribution >= 4 is 6.09 Å². The molecule has 1 aliphatic carbocycles. The fourth-order valence-electron chi connectivity index (χ4n) is 4.05. The lowest BCUT2D eigenvalue weighted by atomic mass is 9.98. The van der Waals surface area contributed by atoms with Crippen molar-refractivity contribution in [2.45, 2.75) is 18.8 Å². The number of carbonyl (C=O) groups is 1. The molecule has 0 aromatic heterocycles. The van der Waals surface area contributed by atoms with Gasteiger partial charge >= 0.3 is 6.09 Å². The SMILES string of the molecule is O=C(OCC1c2ccccc2-c2ccccc21)N1CCC/C(=C(/F)CO)C1. The normalized spacial score (nSPS) is 18.1. The molecule has 2 aromatic rings. The zero-order valence-corrected chi connectivity index (χ0v) is 15.0. The van der Waals surface area contributed by atoms with Gasteiger partial charge in [-0.15, -0.1) is 0 Å². The number of hydrogen-bond acceptors (Lipinski definition) is 3. The number of likely N-dealkylation sites (tertiary alicyclic amines) is 1. The minimum absolute atomic E-state index is 0.00957. The number of aliphatic hydroxyl groups is 1. The van der Waals surface area contributed by atoms with Gasteiger partial charge in [0.05, 0.1) is 6.61 Å². The van der Waals surface area contributed by atoms with Gasteiger partial charge in [0.25, 0.3) is 0 Å². The number of aliphatic hydroxyl groups excluding tert-OH is 1. The predicted molar refractivity (Wildman–Crippen MR) is 101 cm³/mol. The standard InChI is InChI=1S/C22H22FNO3/c23-21(13-25)15-6-5-11-24(12-15)22(26)27-14-20-18-9-3-1-7-16(18)17-8-2-4-10-19(17)20/h1-4,7-10,20,25H,5-6,11-14H2/b21-15-. The van der Waals surface area contributed by atoms with Crippen molar-refractivity contribution in [2.24, 2.45) is 0 Å². The van der Waals surface area contributed by atoms with Crippen molar-refractivity contribution in [3.8, 4) is 11.1 Å². The number of ether oxygens (including phenoxy) is 1. The van der Waals surface area contributed by atoms with E-state index in [-0.39, 0.29) is 19.1 Å². The second-order valence-corrected chi connectivity index (χ2v) is 7.00. The van der Waals surface area contributed by atoms with Gasteiger partial charge in [-0.3, -0.25) is 0 Å². The molecule has 0 spiro atoms. The topological polar surface area (TPSA) is 49.8 Å². The molecule has 0 atom stereocenters. The van der Waals surface area contributed by atoms with Crippen LogP contribution in [0.2, 0.25) is 0 Å². The molecular formula is C22H22FNO3. The van der Waals surface area contributed by atoms with Crippen molar-refractivity contribution in [1.29, 1.82) is 0 Å². The van der Waals surface area contributed by atoms with Crippen LogP contribution in [-0.2, 0) is 4.74 Å². The quantitative estimate of drug-likeness (QED) is 0.882. The van der Waals surface area contributed by atoms with Gasteiger partial charge in [-0.25, -0.2) is 9.18 Å². The minimum atomic E-state index is -0.617. The van der Waals surface area contributed by atoms with E-state index in [1.807, 2.05) is 24.3 Å². The summed E-state index contributed by atoms with van der Waals surface area (Å²) in [4.78, 5) is 14.0. The molecule has 4 rings (SSSR count). The van der Waals surface area contributed by atoms with Gasteiger partial charge in [0, 0.05) is 19.0 Å². The zero-order chi connectivity index (χ0) is 18.8. The number of rotatable bonds is 3. The zero-order valence-electron chi connectivity index (χ0n) is 15.0. The molecule has 4 nitrogen and oxygen atoms in total. The van der Waals surface area contributed by atoms with Crippen LogP contribution in [0.5, 0.6) is 0 Å². The van der Waals surface area contributed by atoms with Crippen LogP contribution in [0.25, 0.3) is 11.1 Å². The fourth-order valence-corrected chi connectivity index (χ4v) is 4.05. The Balaban J connectivity index is 1.48. The first-order chi connectivity index (χ1) is 13.2. The van der Waals surface area contributed by atoms with Crippen molar-refractivity contribution in [2.75, 3.05) is 26.3 Å². The van der Waals surface area contributed by atoms with E-state index in [0.29, 0.717) is 25.0 Å². The van der Waals surface area contributed by atoms with Gasteiger partial charge < -0.3 is 14.7 Å². The molecule has 5 heteroatoms. The maximum atomic E-state index is 13.7. The molecule has 1 fully saturated rings. The van der Waals surface area contributed by atoms with Crippen molar-refractivity contribution in [3.05, 3.63) is 71.1 Å². The van der Waals surface area contributed by atoms with E-state index in [0.717, 1.165) is 11.1 Å². The third-order valence-corrected chi connectivity index (χ3v) is 5.41. The summed E-state index contributed by atoms with van der Waals surface area (Å²) in [6.07, 6.45) is 0.812. The fraction of sp³-hybridized carbons (Fsp3) is 0.318. The number of nitrogens with zero attached hydrogens (tertiary/aromatic N) is 1. The van der Waals surface area contributed by atoms with Crippen molar-refractivity contribution in [3.63, 3.8) is 0 Å². The summed E-state index contributed by atoms with van der Waals surface area (Å²) in [5, 5.41) is 8.98. The Hall–Kier alpha value is -2.66. The van der Waals surface area contributed by atoms with Crippen LogP contribution >= 0.6 is 0 Å². The largest absolute Gasteiger partial charge is 0.448 e. The van der Waals surface area contributed by atoms with E-state index in [4.69, 9.17) is 9.84 Å². The molecule has 1 saturated heterocycles. The molecule has 2 aliphatic rings. The van der Waals surface area contributed by atoms with Crippen LogP contribution in [0.4, 0.5) is 9.18 Å². The number of halogens is 1. The highest BCUT2D eigenvalue weighted by atomic mass is 19.1. The summed E-state index contributed by atoms with van der Waals surface area (Å²) in [6.45, 7) is 0.362. The molecular weight excluding hydrogens is 345 g/mol. The van der Waals surface area contributed by atoms with E-state index in [1.165, 1.54) is 16.0 Å². The molecule has 0 radical (unpaired) electrons. The molecule has 1 heterocycles. The first-order valence-electron chi connectivity index (χ1n) is 9.26. The van der Waals surface area contributed by atoms with E-state index in [2.05, 4.69) is 24.3 Å². The molecule has 0 saturated carbocycles. The van der Waals surface area contributed by atoms with Crippen LogP contribution in [0.3, 0.4) is 0 Å².